The summed E-state index contributed by atoms with van der Waals surface area (Å²) in [5.41, 5.74) is 0. The van der Waals surface area contributed by atoms with Crippen molar-refractivity contribution in [3.05, 3.63) is 0 Å². The van der Waals surface area contributed by atoms with E-state index in [1.54, 1.807) is 0 Å². The van der Waals surface area contributed by atoms with Gasteiger partial charge >= 0.3 is 0 Å². The topological polar surface area (TPSA) is 35.6 Å². The Hall–Kier alpha value is -0.610. The Kier molecular flexibility index (Phi) is 4.85. The van der Waals surface area contributed by atoms with Gasteiger partial charge in [-0.3, -0.25) is 9.69 Å². The van der Waals surface area contributed by atoms with E-state index in [4.69, 9.17) is 0 Å². The molecule has 2 unspecified atom stereocenters. The molecular weight excluding hydrogens is 262 g/mol. The Morgan fingerprint density at radius 2 is 1.76 bits per heavy atom. The van der Waals surface area contributed by atoms with Gasteiger partial charge in [-0.2, -0.15) is 0 Å². The Balaban J connectivity index is 1.56. The minimum Gasteiger partial charge on any atom is -0.336 e. The van der Waals surface area contributed by atoms with Crippen LogP contribution in [0.2, 0.25) is 0 Å². The minimum absolute atomic E-state index is 0.337. The molecule has 2 saturated heterocycles. The molecule has 1 saturated carbocycles. The first kappa shape index (κ1) is 15.3. The largest absolute Gasteiger partial charge is 0.336 e. The molecule has 1 amide bonds. The van der Waals surface area contributed by atoms with Gasteiger partial charge in [0.15, 0.2) is 0 Å². The molecule has 0 bridgehead atoms. The van der Waals surface area contributed by atoms with Crippen LogP contribution in [0.5, 0.6) is 0 Å². The average Bonchev–Trinajstić information content (AvgIpc) is 3.00. The molecule has 2 heterocycles. The normalized spacial score (nSPS) is 30.8. The van der Waals surface area contributed by atoms with E-state index in [1.807, 2.05) is 0 Å². The van der Waals surface area contributed by atoms with E-state index in [0.29, 0.717) is 24.5 Å². The number of hydrogen-bond donors (Lipinski definition) is 1. The smallest absolute Gasteiger partial charge is 0.237 e. The molecule has 1 aliphatic carbocycles. The van der Waals surface area contributed by atoms with E-state index < -0.39 is 0 Å². The molecule has 120 valence electrons. The summed E-state index contributed by atoms with van der Waals surface area (Å²) in [6.07, 6.45) is 6.35. The molecule has 0 aromatic heterocycles. The fourth-order valence-electron chi connectivity index (χ4n) is 4.63. The molecule has 3 aliphatic rings. The van der Waals surface area contributed by atoms with Crippen molar-refractivity contribution < 1.29 is 4.79 Å². The van der Waals surface area contributed by atoms with Crippen molar-refractivity contribution in [1.82, 2.24) is 15.1 Å². The van der Waals surface area contributed by atoms with E-state index in [9.17, 15) is 4.79 Å². The number of amides is 1. The summed E-state index contributed by atoms with van der Waals surface area (Å²) in [6.45, 7) is 9.50. The van der Waals surface area contributed by atoms with Gasteiger partial charge in [-0.15, -0.1) is 0 Å². The molecule has 1 N–H and O–H groups in total. The number of hydrogen-bond acceptors (Lipinski definition) is 3. The van der Waals surface area contributed by atoms with Crippen molar-refractivity contribution >= 4 is 5.91 Å². The van der Waals surface area contributed by atoms with Crippen molar-refractivity contribution in [2.45, 2.75) is 58.0 Å². The third-order valence-corrected chi connectivity index (χ3v) is 5.64. The molecular formula is C17H31N3O. The minimum atomic E-state index is 0.337. The lowest BCUT2D eigenvalue weighted by Crippen LogP contribution is -2.49. The molecule has 3 fully saturated rings. The number of nitrogens with one attached hydrogen (secondary N) is 1. The van der Waals surface area contributed by atoms with Crippen LogP contribution in [0.3, 0.4) is 0 Å². The first-order valence-corrected chi connectivity index (χ1v) is 8.89. The number of carbonyl (C=O) groups excluding carboxylic acids is 1. The molecule has 0 aromatic rings. The van der Waals surface area contributed by atoms with E-state index in [1.165, 1.54) is 32.1 Å². The van der Waals surface area contributed by atoms with Crippen LogP contribution in [0.1, 0.15) is 46.0 Å². The van der Waals surface area contributed by atoms with E-state index in [2.05, 4.69) is 29.0 Å². The number of nitrogens with zero attached hydrogens (tertiary/aromatic N) is 2. The fourth-order valence-corrected chi connectivity index (χ4v) is 4.63. The Bertz CT molecular complexity index is 353. The van der Waals surface area contributed by atoms with Crippen LogP contribution < -0.4 is 5.32 Å². The summed E-state index contributed by atoms with van der Waals surface area (Å²) in [5, 5.41) is 3.47. The maximum atomic E-state index is 12.8. The lowest BCUT2D eigenvalue weighted by Gasteiger charge is -2.38. The third-order valence-electron chi connectivity index (χ3n) is 5.64. The van der Waals surface area contributed by atoms with Crippen molar-refractivity contribution in [3.8, 4) is 0 Å². The Labute approximate surface area is 129 Å². The van der Waals surface area contributed by atoms with Crippen LogP contribution in [0.15, 0.2) is 0 Å². The molecule has 4 nitrogen and oxygen atoms in total. The Morgan fingerprint density at radius 1 is 1.14 bits per heavy atom. The highest BCUT2D eigenvalue weighted by Gasteiger charge is 2.37. The van der Waals surface area contributed by atoms with Crippen LogP contribution >= 0.6 is 0 Å². The quantitative estimate of drug-likeness (QED) is 0.857. The highest BCUT2D eigenvalue weighted by Crippen LogP contribution is 2.28. The van der Waals surface area contributed by atoms with Gasteiger partial charge in [0.1, 0.15) is 0 Å². The summed E-state index contributed by atoms with van der Waals surface area (Å²) in [4.78, 5) is 17.4. The lowest BCUT2D eigenvalue weighted by atomic mass is 9.93. The van der Waals surface area contributed by atoms with Crippen LogP contribution in [-0.2, 0) is 4.79 Å². The monoisotopic (exact) mass is 293 g/mol. The second kappa shape index (κ2) is 6.66. The first-order valence-electron chi connectivity index (χ1n) is 8.89. The van der Waals surface area contributed by atoms with Gasteiger partial charge < -0.3 is 10.2 Å². The van der Waals surface area contributed by atoms with Gasteiger partial charge in [0.2, 0.25) is 5.91 Å². The zero-order valence-electron chi connectivity index (χ0n) is 13.7. The van der Waals surface area contributed by atoms with Gasteiger partial charge in [0.25, 0.3) is 0 Å². The van der Waals surface area contributed by atoms with Crippen LogP contribution in [0.4, 0.5) is 0 Å². The van der Waals surface area contributed by atoms with Crippen LogP contribution in [0.25, 0.3) is 0 Å². The molecule has 3 rings (SSSR count). The fraction of sp³-hybridized carbons (Fsp3) is 0.941. The maximum Gasteiger partial charge on any atom is 0.237 e. The lowest BCUT2D eigenvalue weighted by molar-refractivity contribution is -0.137. The molecule has 21 heavy (non-hydrogen) atoms. The highest BCUT2D eigenvalue weighted by atomic mass is 16.2. The summed E-state index contributed by atoms with van der Waals surface area (Å²) >= 11 is 0. The summed E-state index contributed by atoms with van der Waals surface area (Å²) in [6, 6.07) is 0.833. The molecule has 2 atom stereocenters. The van der Waals surface area contributed by atoms with Gasteiger partial charge in [0, 0.05) is 25.2 Å². The standard InChI is InChI=1S/C17H31N3O/c1-13(2)20(16-6-4-3-5-7-16)17(21)12-19-10-14-8-18-9-15(14)11-19/h13-16,18H,3-12H2,1-2H3. The van der Waals surface area contributed by atoms with Crippen molar-refractivity contribution in [2.75, 3.05) is 32.7 Å². The predicted octanol–water partition coefficient (Wildman–Crippen LogP) is 1.71. The van der Waals surface area contributed by atoms with Gasteiger partial charge in [-0.25, -0.2) is 0 Å². The molecule has 2 aliphatic heterocycles. The van der Waals surface area contributed by atoms with Crippen LogP contribution in [-0.4, -0.2) is 60.5 Å². The van der Waals surface area contributed by atoms with Crippen molar-refractivity contribution in [2.24, 2.45) is 11.8 Å². The van der Waals surface area contributed by atoms with Gasteiger partial charge in [0.05, 0.1) is 6.54 Å². The molecule has 0 aromatic carbocycles. The van der Waals surface area contributed by atoms with Crippen LogP contribution in [0, 0.1) is 11.8 Å². The van der Waals surface area contributed by atoms with Crippen molar-refractivity contribution in [3.63, 3.8) is 0 Å². The zero-order valence-corrected chi connectivity index (χ0v) is 13.7. The summed E-state index contributed by atoms with van der Waals surface area (Å²) < 4.78 is 0. The van der Waals surface area contributed by atoms with E-state index >= 15 is 0 Å². The zero-order chi connectivity index (χ0) is 14.8. The van der Waals surface area contributed by atoms with Gasteiger partial charge in [-0.1, -0.05) is 19.3 Å². The number of rotatable bonds is 4. The van der Waals surface area contributed by atoms with E-state index in [-0.39, 0.29) is 0 Å². The van der Waals surface area contributed by atoms with E-state index in [0.717, 1.165) is 38.0 Å². The Morgan fingerprint density at radius 3 is 2.33 bits per heavy atom. The summed E-state index contributed by atoms with van der Waals surface area (Å²) in [7, 11) is 0. The molecule has 4 heteroatoms. The second-order valence-electron chi connectivity index (χ2n) is 7.56. The molecule has 0 radical (unpaired) electrons. The average molecular weight is 293 g/mol. The summed E-state index contributed by atoms with van der Waals surface area (Å²) in [5.74, 6) is 1.92. The highest BCUT2D eigenvalue weighted by molar-refractivity contribution is 5.79. The maximum absolute atomic E-state index is 12.8. The predicted molar refractivity (Wildman–Crippen MR) is 85.1 cm³/mol. The number of fused-ring (bicyclic) bond motifs is 1. The number of likely N-dealkylation sites (tertiary alicyclic amines) is 1. The molecule has 0 spiro atoms. The third kappa shape index (κ3) is 3.42. The van der Waals surface area contributed by atoms with Gasteiger partial charge in [-0.05, 0) is 51.6 Å². The number of carbonyl (C=O) groups is 1. The first-order chi connectivity index (χ1) is 10.1. The van der Waals surface area contributed by atoms with Crippen molar-refractivity contribution in [1.29, 1.82) is 0 Å². The SMILES string of the molecule is CC(C)N(C(=O)CN1CC2CNCC2C1)C1CCCCC1. The second-order valence-corrected chi connectivity index (χ2v) is 7.56.